The molecule has 1 N–H and O–H groups in total. The van der Waals surface area contributed by atoms with Crippen molar-refractivity contribution in [3.8, 4) is 11.8 Å². The van der Waals surface area contributed by atoms with E-state index in [0.717, 1.165) is 6.54 Å². The Morgan fingerprint density at radius 1 is 1.38 bits per heavy atom. The number of ether oxygens (including phenoxy) is 1. The fourth-order valence-corrected chi connectivity index (χ4v) is 1.79. The zero-order valence-corrected chi connectivity index (χ0v) is 13.0. The van der Waals surface area contributed by atoms with E-state index in [1.165, 1.54) is 6.07 Å². The van der Waals surface area contributed by atoms with Crippen molar-refractivity contribution in [3.63, 3.8) is 0 Å². The zero-order valence-electron chi connectivity index (χ0n) is 13.0. The van der Waals surface area contributed by atoms with Gasteiger partial charge in [0.2, 0.25) is 0 Å². The van der Waals surface area contributed by atoms with Crippen LogP contribution in [0.2, 0.25) is 0 Å². The first kappa shape index (κ1) is 17.6. The molecule has 0 atom stereocenters. The van der Waals surface area contributed by atoms with E-state index in [1.54, 1.807) is 12.1 Å². The largest absolute Gasteiger partial charge is 0.395 e. The molecular weight excluding hydrogens is 269 g/mol. The Morgan fingerprint density at radius 3 is 2.76 bits per heavy atom. The van der Waals surface area contributed by atoms with Crippen molar-refractivity contribution in [2.45, 2.75) is 32.9 Å². The Morgan fingerprint density at radius 2 is 2.14 bits per heavy atom. The Balaban J connectivity index is 2.54. The number of aliphatic hydroxyl groups is 1. The van der Waals surface area contributed by atoms with E-state index in [4.69, 9.17) is 9.84 Å². The van der Waals surface area contributed by atoms with Gasteiger partial charge in [0.1, 0.15) is 5.82 Å². The van der Waals surface area contributed by atoms with Gasteiger partial charge in [-0.2, -0.15) is 0 Å². The third kappa shape index (κ3) is 7.24. The number of likely N-dealkylation sites (N-methyl/N-ethyl adjacent to an activating group) is 1. The second kappa shape index (κ2) is 9.51. The van der Waals surface area contributed by atoms with Crippen LogP contribution in [0.5, 0.6) is 0 Å². The predicted octanol–water partition coefficient (Wildman–Crippen LogP) is 2.42. The van der Waals surface area contributed by atoms with Gasteiger partial charge in [-0.15, -0.1) is 0 Å². The summed E-state index contributed by atoms with van der Waals surface area (Å²) in [6, 6.07) is 5.01. The Labute approximate surface area is 126 Å². The molecule has 1 rings (SSSR count). The highest BCUT2D eigenvalue weighted by molar-refractivity contribution is 5.37. The van der Waals surface area contributed by atoms with Crippen LogP contribution in [0, 0.1) is 17.7 Å². The molecule has 1 aromatic carbocycles. The number of hydrogen-bond donors (Lipinski definition) is 1. The van der Waals surface area contributed by atoms with E-state index < -0.39 is 0 Å². The SMILES string of the molecule is CC(C)OCCN(C)Cc1ccc(C#CCCO)cc1F. The van der Waals surface area contributed by atoms with E-state index in [-0.39, 0.29) is 18.5 Å². The normalized spacial score (nSPS) is 10.8. The molecular formula is C17H24FNO2. The molecule has 21 heavy (non-hydrogen) atoms. The molecule has 0 bridgehead atoms. The minimum atomic E-state index is -0.248. The molecule has 3 nitrogen and oxygen atoms in total. The van der Waals surface area contributed by atoms with Crippen LogP contribution in [0.15, 0.2) is 18.2 Å². The van der Waals surface area contributed by atoms with Crippen molar-refractivity contribution in [2.24, 2.45) is 0 Å². The van der Waals surface area contributed by atoms with Gasteiger partial charge in [0.25, 0.3) is 0 Å². The van der Waals surface area contributed by atoms with Crippen LogP contribution in [0.25, 0.3) is 0 Å². The number of halogens is 1. The van der Waals surface area contributed by atoms with Gasteiger partial charge in [-0.25, -0.2) is 4.39 Å². The number of hydrogen-bond acceptors (Lipinski definition) is 3. The average molecular weight is 293 g/mol. The van der Waals surface area contributed by atoms with Gasteiger partial charge in [0.05, 0.1) is 19.3 Å². The van der Waals surface area contributed by atoms with Crippen molar-refractivity contribution in [3.05, 3.63) is 35.1 Å². The van der Waals surface area contributed by atoms with Gasteiger partial charge in [-0.3, -0.25) is 4.90 Å². The van der Waals surface area contributed by atoms with Gasteiger partial charge in [0.15, 0.2) is 0 Å². The third-order valence-electron chi connectivity index (χ3n) is 2.89. The summed E-state index contributed by atoms with van der Waals surface area (Å²) < 4.78 is 19.5. The molecule has 116 valence electrons. The van der Waals surface area contributed by atoms with Crippen LogP contribution >= 0.6 is 0 Å². The maximum Gasteiger partial charge on any atom is 0.128 e. The van der Waals surface area contributed by atoms with Gasteiger partial charge in [-0.05, 0) is 33.0 Å². The molecule has 4 heteroatoms. The Kier molecular flexibility index (Phi) is 7.99. The van der Waals surface area contributed by atoms with E-state index in [2.05, 4.69) is 11.8 Å². The third-order valence-corrected chi connectivity index (χ3v) is 2.89. The number of aliphatic hydroxyl groups excluding tert-OH is 1. The van der Waals surface area contributed by atoms with Gasteiger partial charge in [0, 0.05) is 30.6 Å². The monoisotopic (exact) mass is 293 g/mol. The average Bonchev–Trinajstić information content (AvgIpc) is 2.41. The second-order valence-corrected chi connectivity index (χ2v) is 5.24. The first-order chi connectivity index (χ1) is 10.0. The number of rotatable bonds is 7. The topological polar surface area (TPSA) is 32.7 Å². The van der Waals surface area contributed by atoms with Crippen molar-refractivity contribution in [1.82, 2.24) is 4.90 Å². The standard InChI is InChI=1S/C17H24FNO2/c1-14(2)21-11-9-19(3)13-16-8-7-15(12-17(16)18)6-4-5-10-20/h7-8,12,14,20H,5,9-11,13H2,1-3H3. The maximum absolute atomic E-state index is 14.0. The molecule has 0 radical (unpaired) electrons. The van der Waals surface area contributed by atoms with Crippen molar-refractivity contribution >= 4 is 0 Å². The van der Waals surface area contributed by atoms with Gasteiger partial charge in [-0.1, -0.05) is 17.9 Å². The summed E-state index contributed by atoms with van der Waals surface area (Å²) in [5.74, 6) is 5.37. The number of nitrogens with zero attached hydrogens (tertiary/aromatic N) is 1. The molecule has 0 saturated heterocycles. The lowest BCUT2D eigenvalue weighted by molar-refractivity contribution is 0.0625. The van der Waals surface area contributed by atoms with Crippen LogP contribution in [-0.4, -0.2) is 42.9 Å². The lowest BCUT2D eigenvalue weighted by atomic mass is 10.1. The highest BCUT2D eigenvalue weighted by atomic mass is 19.1. The molecule has 0 aliphatic carbocycles. The smallest absolute Gasteiger partial charge is 0.128 e. The molecule has 0 saturated carbocycles. The summed E-state index contributed by atoms with van der Waals surface area (Å²) in [4.78, 5) is 2.03. The second-order valence-electron chi connectivity index (χ2n) is 5.24. The van der Waals surface area contributed by atoms with Gasteiger partial charge >= 0.3 is 0 Å². The summed E-state index contributed by atoms with van der Waals surface area (Å²) in [5.41, 5.74) is 1.28. The molecule has 0 fully saturated rings. The fraction of sp³-hybridized carbons (Fsp3) is 0.529. The summed E-state index contributed by atoms with van der Waals surface area (Å²) in [6.45, 7) is 5.96. The van der Waals surface area contributed by atoms with Crippen LogP contribution < -0.4 is 0 Å². The van der Waals surface area contributed by atoms with Crippen LogP contribution in [0.3, 0.4) is 0 Å². The molecule has 0 aromatic heterocycles. The molecule has 0 heterocycles. The van der Waals surface area contributed by atoms with Crippen LogP contribution in [0.4, 0.5) is 4.39 Å². The van der Waals surface area contributed by atoms with Crippen LogP contribution in [0.1, 0.15) is 31.4 Å². The zero-order chi connectivity index (χ0) is 15.7. The first-order valence-electron chi connectivity index (χ1n) is 7.21. The molecule has 0 unspecified atom stereocenters. The van der Waals surface area contributed by atoms with E-state index in [1.807, 2.05) is 25.8 Å². The molecule has 0 amide bonds. The molecule has 0 aliphatic heterocycles. The van der Waals surface area contributed by atoms with E-state index >= 15 is 0 Å². The fourth-order valence-electron chi connectivity index (χ4n) is 1.79. The Bertz CT molecular complexity index is 491. The molecule has 0 spiro atoms. The van der Waals surface area contributed by atoms with Crippen molar-refractivity contribution in [2.75, 3.05) is 26.8 Å². The van der Waals surface area contributed by atoms with Crippen molar-refractivity contribution in [1.29, 1.82) is 0 Å². The lowest BCUT2D eigenvalue weighted by Gasteiger charge is -2.18. The molecule has 0 aliphatic rings. The minimum Gasteiger partial charge on any atom is -0.395 e. The van der Waals surface area contributed by atoms with E-state index in [9.17, 15) is 4.39 Å². The lowest BCUT2D eigenvalue weighted by Crippen LogP contribution is -2.24. The van der Waals surface area contributed by atoms with Crippen molar-refractivity contribution < 1.29 is 14.2 Å². The highest BCUT2D eigenvalue weighted by Gasteiger charge is 2.06. The maximum atomic E-state index is 14.0. The minimum absolute atomic E-state index is 0.0246. The quantitative estimate of drug-likeness (QED) is 0.784. The predicted molar refractivity (Wildman–Crippen MR) is 82.4 cm³/mol. The summed E-state index contributed by atoms with van der Waals surface area (Å²) >= 11 is 0. The number of benzene rings is 1. The van der Waals surface area contributed by atoms with E-state index in [0.29, 0.717) is 30.7 Å². The summed E-state index contributed by atoms with van der Waals surface area (Å²) in [5, 5.41) is 8.65. The molecule has 1 aromatic rings. The highest BCUT2D eigenvalue weighted by Crippen LogP contribution is 2.12. The summed E-state index contributed by atoms with van der Waals surface area (Å²) in [6.07, 6.45) is 0.619. The van der Waals surface area contributed by atoms with Crippen LogP contribution in [-0.2, 0) is 11.3 Å². The summed E-state index contributed by atoms with van der Waals surface area (Å²) in [7, 11) is 1.94. The van der Waals surface area contributed by atoms with Gasteiger partial charge < -0.3 is 9.84 Å². The first-order valence-corrected chi connectivity index (χ1v) is 7.21. The Hall–Kier alpha value is -1.41.